The lowest BCUT2D eigenvalue weighted by molar-refractivity contribution is -0.128. The van der Waals surface area contributed by atoms with E-state index in [2.05, 4.69) is 6.58 Å². The lowest BCUT2D eigenvalue weighted by Crippen LogP contribution is -2.02. The van der Waals surface area contributed by atoms with E-state index in [0.717, 1.165) is 22.6 Å². The van der Waals surface area contributed by atoms with E-state index in [9.17, 15) is 4.79 Å². The average Bonchev–Trinajstić information content (AvgIpc) is 2.38. The van der Waals surface area contributed by atoms with Crippen LogP contribution < -0.4 is 9.47 Å². The number of ether oxygens (including phenoxy) is 2. The molecule has 86 valence electrons. The Bertz CT molecular complexity index is 573. The van der Waals surface area contributed by atoms with Gasteiger partial charge in [-0.05, 0) is 35.0 Å². The molecule has 0 aliphatic carbocycles. The molecule has 0 aliphatic rings. The van der Waals surface area contributed by atoms with Gasteiger partial charge >= 0.3 is 5.97 Å². The van der Waals surface area contributed by atoms with Crippen LogP contribution >= 0.6 is 0 Å². The Morgan fingerprint density at radius 1 is 1.12 bits per heavy atom. The van der Waals surface area contributed by atoms with Crippen LogP contribution in [0.2, 0.25) is 0 Å². The zero-order valence-electron chi connectivity index (χ0n) is 9.47. The monoisotopic (exact) mass is 228 g/mol. The first-order valence-electron chi connectivity index (χ1n) is 5.15. The van der Waals surface area contributed by atoms with Crippen LogP contribution in [0.15, 0.2) is 49.1 Å². The molecule has 0 aliphatic heterocycles. The Hall–Kier alpha value is -2.29. The van der Waals surface area contributed by atoms with Crippen molar-refractivity contribution in [3.05, 3.63) is 49.1 Å². The van der Waals surface area contributed by atoms with E-state index in [1.165, 1.54) is 0 Å². The molecule has 2 aromatic rings. The smallest absolute Gasteiger partial charge is 0.335 e. The molecule has 3 nitrogen and oxygen atoms in total. The van der Waals surface area contributed by atoms with Crippen molar-refractivity contribution in [3.63, 3.8) is 0 Å². The Balaban J connectivity index is 2.37. The molecule has 0 aromatic heterocycles. The average molecular weight is 228 g/mol. The molecule has 0 radical (unpaired) electrons. The van der Waals surface area contributed by atoms with Crippen LogP contribution in [0, 0.1) is 0 Å². The summed E-state index contributed by atoms with van der Waals surface area (Å²) in [5.41, 5.74) is 0. The Morgan fingerprint density at radius 2 is 1.71 bits per heavy atom. The number of hydrogen-bond donors (Lipinski definition) is 0. The molecular formula is C14H12O3. The maximum atomic E-state index is 11.1. The molecule has 17 heavy (non-hydrogen) atoms. The molecular weight excluding hydrogens is 216 g/mol. The molecule has 0 atom stereocenters. The van der Waals surface area contributed by atoms with Crippen molar-refractivity contribution in [3.8, 4) is 11.5 Å². The molecule has 0 fully saturated rings. The van der Waals surface area contributed by atoms with E-state index >= 15 is 0 Å². The Morgan fingerprint density at radius 3 is 2.29 bits per heavy atom. The van der Waals surface area contributed by atoms with Gasteiger partial charge in [0.05, 0.1) is 7.11 Å². The first kappa shape index (κ1) is 11.2. The summed E-state index contributed by atoms with van der Waals surface area (Å²) in [5, 5.41) is 2.02. The second kappa shape index (κ2) is 4.70. The minimum atomic E-state index is -0.460. The van der Waals surface area contributed by atoms with E-state index in [4.69, 9.17) is 9.47 Å². The van der Waals surface area contributed by atoms with Crippen molar-refractivity contribution in [1.29, 1.82) is 0 Å². The van der Waals surface area contributed by atoms with Crippen LogP contribution in [0.3, 0.4) is 0 Å². The number of benzene rings is 2. The third-order valence-electron chi connectivity index (χ3n) is 2.40. The van der Waals surface area contributed by atoms with Gasteiger partial charge in [-0.2, -0.15) is 0 Å². The summed E-state index contributed by atoms with van der Waals surface area (Å²) in [6, 6.07) is 11.1. The second-order valence-corrected chi connectivity index (χ2v) is 3.50. The molecule has 0 unspecified atom stereocenters. The molecule has 0 amide bonds. The van der Waals surface area contributed by atoms with Crippen molar-refractivity contribution in [2.75, 3.05) is 7.11 Å². The summed E-state index contributed by atoms with van der Waals surface area (Å²) in [7, 11) is 1.63. The number of carbonyl (C=O) groups is 1. The lowest BCUT2D eigenvalue weighted by atomic mass is 10.1. The number of esters is 1. The van der Waals surface area contributed by atoms with Crippen LogP contribution in [0.25, 0.3) is 10.8 Å². The van der Waals surface area contributed by atoms with Gasteiger partial charge in [0.1, 0.15) is 11.5 Å². The number of rotatable bonds is 3. The van der Waals surface area contributed by atoms with Crippen LogP contribution in [0.4, 0.5) is 0 Å². The van der Waals surface area contributed by atoms with Gasteiger partial charge in [0, 0.05) is 6.08 Å². The topological polar surface area (TPSA) is 35.5 Å². The van der Waals surface area contributed by atoms with Crippen LogP contribution in [-0.2, 0) is 4.79 Å². The van der Waals surface area contributed by atoms with Gasteiger partial charge in [-0.15, -0.1) is 0 Å². The van der Waals surface area contributed by atoms with Gasteiger partial charge in [0.15, 0.2) is 0 Å². The Labute approximate surface area is 99.3 Å². The molecule has 0 N–H and O–H groups in total. The number of fused-ring (bicyclic) bond motifs is 1. The SMILES string of the molecule is C=CC(=O)Oc1ccc2cc(OC)ccc2c1. The van der Waals surface area contributed by atoms with Crippen molar-refractivity contribution in [2.24, 2.45) is 0 Å². The number of hydrogen-bond acceptors (Lipinski definition) is 3. The van der Waals surface area contributed by atoms with Crippen molar-refractivity contribution >= 4 is 16.7 Å². The molecule has 2 rings (SSSR count). The maximum Gasteiger partial charge on any atom is 0.335 e. The summed E-state index contributed by atoms with van der Waals surface area (Å²) >= 11 is 0. The highest BCUT2D eigenvalue weighted by Gasteiger charge is 2.02. The minimum Gasteiger partial charge on any atom is -0.497 e. The second-order valence-electron chi connectivity index (χ2n) is 3.50. The van der Waals surface area contributed by atoms with Crippen LogP contribution in [0.1, 0.15) is 0 Å². The quantitative estimate of drug-likeness (QED) is 0.460. The van der Waals surface area contributed by atoms with Crippen molar-refractivity contribution in [1.82, 2.24) is 0 Å². The standard InChI is InChI=1S/C14H12O3/c1-3-14(15)17-13-7-5-10-8-12(16-2)6-4-11(10)9-13/h3-9H,1H2,2H3. The summed E-state index contributed by atoms with van der Waals surface area (Å²) < 4.78 is 10.2. The molecule has 0 saturated carbocycles. The van der Waals surface area contributed by atoms with Gasteiger partial charge in [-0.1, -0.05) is 18.7 Å². The molecule has 0 heterocycles. The first-order chi connectivity index (χ1) is 8.22. The third-order valence-corrected chi connectivity index (χ3v) is 2.40. The fraction of sp³-hybridized carbons (Fsp3) is 0.0714. The van der Waals surface area contributed by atoms with Gasteiger partial charge in [0.2, 0.25) is 0 Å². The number of carbonyl (C=O) groups excluding carboxylic acids is 1. The molecule has 3 heteroatoms. The van der Waals surface area contributed by atoms with Crippen LogP contribution in [0.5, 0.6) is 11.5 Å². The van der Waals surface area contributed by atoms with Gasteiger partial charge in [-0.3, -0.25) is 0 Å². The molecule has 0 saturated heterocycles. The number of methoxy groups -OCH3 is 1. The minimum absolute atomic E-state index is 0.460. The first-order valence-corrected chi connectivity index (χ1v) is 5.15. The predicted molar refractivity (Wildman–Crippen MR) is 66.3 cm³/mol. The van der Waals surface area contributed by atoms with E-state index < -0.39 is 5.97 Å². The summed E-state index contributed by atoms with van der Waals surface area (Å²) in [6.45, 7) is 3.35. The van der Waals surface area contributed by atoms with Crippen LogP contribution in [-0.4, -0.2) is 13.1 Å². The van der Waals surface area contributed by atoms with Gasteiger partial charge in [-0.25, -0.2) is 4.79 Å². The van der Waals surface area contributed by atoms with Crippen molar-refractivity contribution in [2.45, 2.75) is 0 Å². The highest BCUT2D eigenvalue weighted by Crippen LogP contribution is 2.24. The zero-order valence-corrected chi connectivity index (χ0v) is 9.47. The Kier molecular flexibility index (Phi) is 3.10. The largest absolute Gasteiger partial charge is 0.497 e. The zero-order chi connectivity index (χ0) is 12.3. The van der Waals surface area contributed by atoms with E-state index in [0.29, 0.717) is 5.75 Å². The van der Waals surface area contributed by atoms with E-state index in [1.54, 1.807) is 19.2 Å². The fourth-order valence-electron chi connectivity index (χ4n) is 1.55. The maximum absolute atomic E-state index is 11.1. The summed E-state index contributed by atoms with van der Waals surface area (Å²) in [6.07, 6.45) is 1.14. The molecule has 0 spiro atoms. The third kappa shape index (κ3) is 2.45. The van der Waals surface area contributed by atoms with E-state index in [-0.39, 0.29) is 0 Å². The van der Waals surface area contributed by atoms with Gasteiger partial charge < -0.3 is 9.47 Å². The van der Waals surface area contributed by atoms with E-state index in [1.807, 2.05) is 24.3 Å². The van der Waals surface area contributed by atoms with Gasteiger partial charge in [0.25, 0.3) is 0 Å². The highest BCUT2D eigenvalue weighted by molar-refractivity contribution is 5.87. The molecule has 2 aromatic carbocycles. The summed E-state index contributed by atoms with van der Waals surface area (Å²) in [5.74, 6) is 0.846. The lowest BCUT2D eigenvalue weighted by Gasteiger charge is -2.05. The fourth-order valence-corrected chi connectivity index (χ4v) is 1.55. The molecule has 0 bridgehead atoms. The normalized spacial score (nSPS) is 9.94. The predicted octanol–water partition coefficient (Wildman–Crippen LogP) is 2.94. The summed E-state index contributed by atoms with van der Waals surface area (Å²) in [4.78, 5) is 11.1. The highest BCUT2D eigenvalue weighted by atomic mass is 16.5. The van der Waals surface area contributed by atoms with Crippen molar-refractivity contribution < 1.29 is 14.3 Å².